The number of benzene rings is 2. The number of carbonyl (C=O) groups excluding carboxylic acids is 2. The minimum atomic E-state index is 0.0422. The minimum Gasteiger partial charge on any atom is -0.356 e. The fourth-order valence-corrected chi connectivity index (χ4v) is 3.60. The highest BCUT2D eigenvalue weighted by Crippen LogP contribution is 2.21. The summed E-state index contributed by atoms with van der Waals surface area (Å²) in [5, 5.41) is 3.01. The van der Waals surface area contributed by atoms with E-state index in [1.807, 2.05) is 29.2 Å². The first-order chi connectivity index (χ1) is 13.0. The SMILES string of the molecule is Cc1ccc(CCCNC(=O)Cc2ccc(N3CCCC3=O)cc2)c(C)c1. The van der Waals surface area contributed by atoms with Crippen LogP contribution in [0.4, 0.5) is 5.69 Å². The molecule has 2 amide bonds. The molecule has 1 N–H and O–H groups in total. The Morgan fingerprint density at radius 1 is 1.11 bits per heavy atom. The molecule has 2 aromatic rings. The van der Waals surface area contributed by atoms with Gasteiger partial charge in [0, 0.05) is 25.2 Å². The summed E-state index contributed by atoms with van der Waals surface area (Å²) in [4.78, 5) is 25.8. The van der Waals surface area contributed by atoms with Crippen LogP contribution in [0.1, 0.15) is 41.5 Å². The van der Waals surface area contributed by atoms with Crippen LogP contribution in [-0.4, -0.2) is 24.9 Å². The molecular weight excluding hydrogens is 336 g/mol. The standard InChI is InChI=1S/C23H28N2O2/c1-17-7-10-20(18(2)15-17)5-3-13-24-22(26)16-19-8-11-21(12-9-19)25-14-4-6-23(25)27/h7-12,15H,3-6,13-14,16H2,1-2H3,(H,24,26). The van der Waals surface area contributed by atoms with Crippen molar-refractivity contribution in [1.29, 1.82) is 0 Å². The lowest BCUT2D eigenvalue weighted by molar-refractivity contribution is -0.120. The van der Waals surface area contributed by atoms with Gasteiger partial charge in [0.1, 0.15) is 0 Å². The van der Waals surface area contributed by atoms with Gasteiger partial charge in [-0.3, -0.25) is 9.59 Å². The number of anilines is 1. The van der Waals surface area contributed by atoms with E-state index in [0.717, 1.165) is 37.1 Å². The average molecular weight is 364 g/mol. The number of hydrogen-bond acceptors (Lipinski definition) is 2. The number of amides is 2. The molecule has 0 bridgehead atoms. The summed E-state index contributed by atoms with van der Waals surface area (Å²) in [6.45, 7) is 5.72. The van der Waals surface area contributed by atoms with E-state index in [1.165, 1.54) is 16.7 Å². The van der Waals surface area contributed by atoms with Crippen molar-refractivity contribution in [3.63, 3.8) is 0 Å². The van der Waals surface area contributed by atoms with Crippen molar-refractivity contribution in [3.05, 3.63) is 64.7 Å². The van der Waals surface area contributed by atoms with E-state index in [-0.39, 0.29) is 11.8 Å². The first kappa shape index (κ1) is 19.2. The number of aryl methyl sites for hydroxylation is 3. The Balaban J connectivity index is 1.42. The Hall–Kier alpha value is -2.62. The molecule has 1 aliphatic rings. The lowest BCUT2D eigenvalue weighted by Gasteiger charge is -2.15. The van der Waals surface area contributed by atoms with Gasteiger partial charge in [0.2, 0.25) is 11.8 Å². The van der Waals surface area contributed by atoms with Gasteiger partial charge in [0.05, 0.1) is 6.42 Å². The molecule has 0 radical (unpaired) electrons. The molecule has 0 atom stereocenters. The van der Waals surface area contributed by atoms with Crippen LogP contribution in [0, 0.1) is 13.8 Å². The normalized spacial score (nSPS) is 13.9. The fraction of sp³-hybridized carbons (Fsp3) is 0.391. The van der Waals surface area contributed by atoms with Crippen molar-refractivity contribution in [2.75, 3.05) is 18.0 Å². The summed E-state index contributed by atoms with van der Waals surface area (Å²) in [5.41, 5.74) is 5.84. The molecule has 3 rings (SSSR count). The molecule has 4 nitrogen and oxygen atoms in total. The van der Waals surface area contributed by atoms with E-state index >= 15 is 0 Å². The van der Waals surface area contributed by atoms with E-state index in [4.69, 9.17) is 0 Å². The van der Waals surface area contributed by atoms with Crippen LogP contribution in [0.5, 0.6) is 0 Å². The van der Waals surface area contributed by atoms with Crippen molar-refractivity contribution < 1.29 is 9.59 Å². The molecule has 142 valence electrons. The molecule has 1 aliphatic heterocycles. The Bertz CT molecular complexity index is 812. The van der Waals surface area contributed by atoms with Gasteiger partial charge in [-0.05, 0) is 61.9 Å². The second-order valence-electron chi connectivity index (χ2n) is 7.38. The second-order valence-corrected chi connectivity index (χ2v) is 7.38. The molecule has 0 spiro atoms. The highest BCUT2D eigenvalue weighted by Gasteiger charge is 2.21. The highest BCUT2D eigenvalue weighted by molar-refractivity contribution is 5.95. The van der Waals surface area contributed by atoms with Crippen LogP contribution >= 0.6 is 0 Å². The van der Waals surface area contributed by atoms with Crippen molar-refractivity contribution in [2.45, 2.75) is 46.0 Å². The van der Waals surface area contributed by atoms with Gasteiger partial charge >= 0.3 is 0 Å². The molecule has 4 heteroatoms. The summed E-state index contributed by atoms with van der Waals surface area (Å²) in [6.07, 6.45) is 3.84. The maximum atomic E-state index is 12.2. The third-order valence-corrected chi connectivity index (χ3v) is 5.13. The molecule has 1 saturated heterocycles. The Labute approximate surface area is 161 Å². The monoisotopic (exact) mass is 364 g/mol. The quantitative estimate of drug-likeness (QED) is 0.761. The van der Waals surface area contributed by atoms with Gasteiger partial charge in [0.25, 0.3) is 0 Å². The van der Waals surface area contributed by atoms with E-state index in [1.54, 1.807) is 0 Å². The first-order valence-electron chi connectivity index (χ1n) is 9.75. The molecule has 1 fully saturated rings. The van der Waals surface area contributed by atoms with E-state index in [0.29, 0.717) is 19.4 Å². The third kappa shape index (κ3) is 5.19. The van der Waals surface area contributed by atoms with Gasteiger partial charge in [-0.15, -0.1) is 0 Å². The number of rotatable bonds is 7. The summed E-state index contributed by atoms with van der Waals surface area (Å²) >= 11 is 0. The van der Waals surface area contributed by atoms with E-state index in [9.17, 15) is 9.59 Å². The zero-order valence-corrected chi connectivity index (χ0v) is 16.3. The number of nitrogens with one attached hydrogen (secondary N) is 1. The van der Waals surface area contributed by atoms with Crippen LogP contribution in [0.2, 0.25) is 0 Å². The minimum absolute atomic E-state index is 0.0422. The molecule has 2 aromatic carbocycles. The van der Waals surface area contributed by atoms with Gasteiger partial charge in [-0.2, -0.15) is 0 Å². The summed E-state index contributed by atoms with van der Waals surface area (Å²) in [5.74, 6) is 0.227. The number of nitrogens with zero attached hydrogens (tertiary/aromatic N) is 1. The molecule has 1 heterocycles. The van der Waals surface area contributed by atoms with Crippen LogP contribution in [0.3, 0.4) is 0 Å². The lowest BCUT2D eigenvalue weighted by atomic mass is 10.0. The predicted octanol–water partition coefficient (Wildman–Crippen LogP) is 3.72. The zero-order valence-electron chi connectivity index (χ0n) is 16.3. The second kappa shape index (κ2) is 8.85. The molecule has 0 saturated carbocycles. The van der Waals surface area contributed by atoms with Gasteiger partial charge < -0.3 is 10.2 Å². The maximum absolute atomic E-state index is 12.2. The lowest BCUT2D eigenvalue weighted by Crippen LogP contribution is -2.26. The van der Waals surface area contributed by atoms with Crippen LogP contribution < -0.4 is 10.2 Å². The fourth-order valence-electron chi connectivity index (χ4n) is 3.60. The van der Waals surface area contributed by atoms with Gasteiger partial charge in [-0.1, -0.05) is 35.9 Å². The zero-order chi connectivity index (χ0) is 19.2. The highest BCUT2D eigenvalue weighted by atomic mass is 16.2. The summed E-state index contributed by atoms with van der Waals surface area (Å²) < 4.78 is 0. The molecular formula is C23H28N2O2. The number of hydrogen-bond donors (Lipinski definition) is 1. The summed E-state index contributed by atoms with van der Waals surface area (Å²) in [7, 11) is 0. The topological polar surface area (TPSA) is 49.4 Å². The number of carbonyl (C=O) groups is 2. The van der Waals surface area contributed by atoms with E-state index in [2.05, 4.69) is 37.4 Å². The third-order valence-electron chi connectivity index (χ3n) is 5.13. The van der Waals surface area contributed by atoms with Crippen molar-refractivity contribution in [2.24, 2.45) is 0 Å². The maximum Gasteiger partial charge on any atom is 0.227 e. The predicted molar refractivity (Wildman–Crippen MR) is 109 cm³/mol. The van der Waals surface area contributed by atoms with E-state index < -0.39 is 0 Å². The van der Waals surface area contributed by atoms with Crippen LogP contribution in [0.15, 0.2) is 42.5 Å². The van der Waals surface area contributed by atoms with Crippen LogP contribution in [-0.2, 0) is 22.4 Å². The summed E-state index contributed by atoms with van der Waals surface area (Å²) in [6, 6.07) is 14.3. The van der Waals surface area contributed by atoms with Crippen LogP contribution in [0.25, 0.3) is 0 Å². The van der Waals surface area contributed by atoms with Gasteiger partial charge in [0.15, 0.2) is 0 Å². The molecule has 27 heavy (non-hydrogen) atoms. The van der Waals surface area contributed by atoms with Crippen molar-refractivity contribution in [1.82, 2.24) is 5.32 Å². The molecule has 0 unspecified atom stereocenters. The largest absolute Gasteiger partial charge is 0.356 e. The Morgan fingerprint density at radius 3 is 2.56 bits per heavy atom. The first-order valence-corrected chi connectivity index (χ1v) is 9.75. The average Bonchev–Trinajstić information content (AvgIpc) is 3.07. The molecule has 0 aliphatic carbocycles. The smallest absolute Gasteiger partial charge is 0.227 e. The Morgan fingerprint density at radius 2 is 1.89 bits per heavy atom. The van der Waals surface area contributed by atoms with Crippen molar-refractivity contribution in [3.8, 4) is 0 Å². The van der Waals surface area contributed by atoms with Crippen molar-refractivity contribution >= 4 is 17.5 Å². The molecule has 0 aromatic heterocycles. The van der Waals surface area contributed by atoms with Gasteiger partial charge in [-0.25, -0.2) is 0 Å². The Kier molecular flexibility index (Phi) is 6.28.